The second-order valence-electron chi connectivity index (χ2n) is 5.39. The molecule has 1 aliphatic rings. The Morgan fingerprint density at radius 2 is 1.47 bits per heavy atom. The van der Waals surface area contributed by atoms with E-state index in [4.69, 9.17) is 0 Å². The number of hydrogen-bond acceptors (Lipinski definition) is 1. The molecule has 0 spiro atoms. The van der Waals surface area contributed by atoms with Crippen LogP contribution in [0.2, 0.25) is 0 Å². The molecule has 1 saturated carbocycles. The highest BCUT2D eigenvalue weighted by Crippen LogP contribution is 2.50. The van der Waals surface area contributed by atoms with Crippen molar-refractivity contribution < 1.29 is 5.11 Å². The normalized spacial score (nSPS) is 25.6. The lowest BCUT2D eigenvalue weighted by Gasteiger charge is -2.45. The number of hydrogen-bond donors (Lipinski definition) is 1. The van der Waals surface area contributed by atoms with Crippen molar-refractivity contribution in [3.63, 3.8) is 0 Å². The lowest BCUT2D eigenvalue weighted by atomic mass is 9.64. The Hall–Kier alpha value is -1.86. The van der Waals surface area contributed by atoms with Crippen LogP contribution < -0.4 is 0 Å². The third-order valence-corrected chi connectivity index (χ3v) is 4.12. The molecule has 1 heteroatoms. The van der Waals surface area contributed by atoms with Crippen molar-refractivity contribution in [2.75, 3.05) is 0 Å². The van der Waals surface area contributed by atoms with Gasteiger partial charge in [0.1, 0.15) is 0 Å². The smallest absolute Gasteiger partial charge is 0.0908 e. The van der Waals surface area contributed by atoms with Gasteiger partial charge in [0.05, 0.1) is 5.60 Å². The zero-order chi connectivity index (χ0) is 13.3. The number of rotatable bonds is 3. The van der Waals surface area contributed by atoms with Crippen molar-refractivity contribution >= 4 is 5.57 Å². The van der Waals surface area contributed by atoms with Crippen LogP contribution >= 0.6 is 0 Å². The molecule has 3 rings (SSSR count). The van der Waals surface area contributed by atoms with E-state index in [1.807, 2.05) is 36.4 Å². The molecule has 0 unspecified atom stereocenters. The molecule has 1 N–H and O–H groups in total. The van der Waals surface area contributed by atoms with E-state index >= 15 is 0 Å². The van der Waals surface area contributed by atoms with Gasteiger partial charge in [0.25, 0.3) is 0 Å². The van der Waals surface area contributed by atoms with E-state index in [-0.39, 0.29) is 0 Å². The molecule has 19 heavy (non-hydrogen) atoms. The Labute approximate surface area is 114 Å². The Balaban J connectivity index is 1.73. The summed E-state index contributed by atoms with van der Waals surface area (Å²) >= 11 is 0. The minimum atomic E-state index is -0.734. The summed E-state index contributed by atoms with van der Waals surface area (Å²) in [6, 6.07) is 20.4. The van der Waals surface area contributed by atoms with E-state index in [0.717, 1.165) is 24.0 Å². The molecule has 1 nitrogen and oxygen atoms in total. The average Bonchev–Trinajstić information content (AvgIpc) is 2.45. The molecule has 0 heterocycles. The van der Waals surface area contributed by atoms with Crippen molar-refractivity contribution in [3.05, 3.63) is 78.4 Å². The molecule has 0 atom stereocenters. The maximum Gasteiger partial charge on any atom is 0.0908 e. The summed E-state index contributed by atoms with van der Waals surface area (Å²) in [4.78, 5) is 0. The third-order valence-electron chi connectivity index (χ3n) is 4.12. The van der Waals surface area contributed by atoms with Gasteiger partial charge in [0.2, 0.25) is 0 Å². The fraction of sp³-hybridized carbons (Fsp3) is 0.222. The molecule has 1 aliphatic carbocycles. The predicted octanol–water partition coefficient (Wildman–Crippen LogP) is 4.01. The van der Waals surface area contributed by atoms with Crippen molar-refractivity contribution in [3.8, 4) is 0 Å². The summed E-state index contributed by atoms with van der Waals surface area (Å²) in [6.07, 6.45) is 1.54. The van der Waals surface area contributed by atoms with Crippen LogP contribution in [0.4, 0.5) is 0 Å². The van der Waals surface area contributed by atoms with E-state index in [1.165, 1.54) is 5.56 Å². The van der Waals surface area contributed by atoms with Crippen LogP contribution in [0.5, 0.6) is 0 Å². The lowest BCUT2D eigenvalue weighted by Crippen LogP contribution is -2.43. The third kappa shape index (κ3) is 2.22. The molecule has 1 fully saturated rings. The monoisotopic (exact) mass is 250 g/mol. The summed E-state index contributed by atoms with van der Waals surface area (Å²) in [6.45, 7) is 4.10. The zero-order valence-corrected chi connectivity index (χ0v) is 10.9. The van der Waals surface area contributed by atoms with Gasteiger partial charge in [-0.15, -0.1) is 0 Å². The first-order valence-corrected chi connectivity index (χ1v) is 6.71. The summed E-state index contributed by atoms with van der Waals surface area (Å²) in [5.41, 5.74) is 2.46. The van der Waals surface area contributed by atoms with E-state index < -0.39 is 5.60 Å². The molecule has 2 aromatic carbocycles. The maximum absolute atomic E-state index is 10.7. The summed E-state index contributed by atoms with van der Waals surface area (Å²) in [5, 5.41) is 10.7. The van der Waals surface area contributed by atoms with Crippen molar-refractivity contribution in [2.45, 2.75) is 24.4 Å². The van der Waals surface area contributed by atoms with Gasteiger partial charge in [-0.3, -0.25) is 0 Å². The minimum absolute atomic E-state index is 0.451. The van der Waals surface area contributed by atoms with Crippen LogP contribution in [0.1, 0.15) is 29.9 Å². The Bertz CT molecular complexity index is 565. The van der Waals surface area contributed by atoms with Crippen LogP contribution in [0.15, 0.2) is 67.2 Å². The van der Waals surface area contributed by atoms with Gasteiger partial charge in [-0.1, -0.05) is 67.2 Å². The van der Waals surface area contributed by atoms with Gasteiger partial charge in [-0.05, 0) is 35.5 Å². The van der Waals surface area contributed by atoms with Gasteiger partial charge in [-0.25, -0.2) is 0 Å². The molecule has 0 aliphatic heterocycles. The second-order valence-corrected chi connectivity index (χ2v) is 5.39. The van der Waals surface area contributed by atoms with E-state index in [1.54, 1.807) is 0 Å². The van der Waals surface area contributed by atoms with Gasteiger partial charge >= 0.3 is 0 Å². The number of benzene rings is 2. The maximum atomic E-state index is 10.7. The van der Waals surface area contributed by atoms with Crippen LogP contribution in [0, 0.1) is 0 Å². The topological polar surface area (TPSA) is 20.2 Å². The van der Waals surface area contributed by atoms with Crippen molar-refractivity contribution in [1.29, 1.82) is 0 Å². The molecule has 0 radical (unpaired) electrons. The summed E-state index contributed by atoms with van der Waals surface area (Å²) in [7, 11) is 0. The highest BCUT2D eigenvalue weighted by Gasteiger charge is 2.45. The quantitative estimate of drug-likeness (QED) is 0.872. The van der Waals surface area contributed by atoms with E-state index in [9.17, 15) is 5.11 Å². The molecule has 0 bridgehead atoms. The van der Waals surface area contributed by atoms with Crippen molar-refractivity contribution in [1.82, 2.24) is 0 Å². The van der Waals surface area contributed by atoms with Gasteiger partial charge in [0.15, 0.2) is 0 Å². The largest absolute Gasteiger partial charge is 0.385 e. The highest BCUT2D eigenvalue weighted by atomic mass is 16.3. The predicted molar refractivity (Wildman–Crippen MR) is 78.8 cm³/mol. The molecule has 0 saturated heterocycles. The fourth-order valence-corrected chi connectivity index (χ4v) is 2.87. The Morgan fingerprint density at radius 3 is 2.05 bits per heavy atom. The molecule has 2 aromatic rings. The zero-order valence-electron chi connectivity index (χ0n) is 10.9. The van der Waals surface area contributed by atoms with Crippen LogP contribution in [0.3, 0.4) is 0 Å². The second kappa shape index (κ2) is 4.67. The first kappa shape index (κ1) is 12.2. The van der Waals surface area contributed by atoms with Gasteiger partial charge < -0.3 is 5.11 Å². The van der Waals surface area contributed by atoms with Crippen LogP contribution in [-0.4, -0.2) is 10.7 Å². The Kier molecular flexibility index (Phi) is 3.00. The fourth-order valence-electron chi connectivity index (χ4n) is 2.87. The first-order valence-electron chi connectivity index (χ1n) is 6.71. The van der Waals surface area contributed by atoms with Crippen LogP contribution in [0.25, 0.3) is 5.57 Å². The van der Waals surface area contributed by atoms with Crippen molar-refractivity contribution in [2.24, 2.45) is 0 Å². The average molecular weight is 250 g/mol. The van der Waals surface area contributed by atoms with Crippen LogP contribution in [-0.2, 0) is 0 Å². The van der Waals surface area contributed by atoms with E-state index in [0.29, 0.717) is 5.92 Å². The molecule has 96 valence electrons. The molecule has 0 aromatic heterocycles. The standard InChI is InChI=1S/C18H18O/c1-14(15-8-4-2-5-9-15)18(19)12-17(13-18)16-10-6-3-7-11-16/h2-11,17,19H,1,12-13H2. The molecule has 0 amide bonds. The molecular weight excluding hydrogens is 232 g/mol. The lowest BCUT2D eigenvalue weighted by molar-refractivity contribution is 0.00670. The Morgan fingerprint density at radius 1 is 0.947 bits per heavy atom. The number of aliphatic hydroxyl groups is 1. The first-order chi connectivity index (χ1) is 9.19. The summed E-state index contributed by atoms with van der Waals surface area (Å²) in [5.74, 6) is 0.451. The molecular formula is C18H18O. The van der Waals surface area contributed by atoms with Gasteiger partial charge in [-0.2, -0.15) is 0 Å². The SMILES string of the molecule is C=C(c1ccccc1)C1(O)CC(c2ccccc2)C1. The minimum Gasteiger partial charge on any atom is -0.385 e. The van der Waals surface area contributed by atoms with E-state index in [2.05, 4.69) is 30.8 Å². The summed E-state index contributed by atoms with van der Waals surface area (Å²) < 4.78 is 0. The highest BCUT2D eigenvalue weighted by molar-refractivity contribution is 5.71. The van der Waals surface area contributed by atoms with Gasteiger partial charge in [0, 0.05) is 0 Å².